The molecule has 0 bridgehead atoms. The molecule has 4 heteroatoms. The minimum absolute atomic E-state index is 0.578. The molecule has 0 aliphatic carbocycles. The average molecular weight is 289 g/mol. The number of halogens is 1. The summed E-state index contributed by atoms with van der Waals surface area (Å²) in [6.07, 6.45) is 2.99. The summed E-state index contributed by atoms with van der Waals surface area (Å²) >= 11 is 5.30. The maximum atomic E-state index is 4.33. The molecule has 0 radical (unpaired) electrons. The van der Waals surface area contributed by atoms with Gasteiger partial charge in [-0.1, -0.05) is 13.8 Å². The molecule has 0 aliphatic heterocycles. The minimum Gasteiger partial charge on any atom is -0.313 e. The van der Waals surface area contributed by atoms with Gasteiger partial charge in [0, 0.05) is 22.5 Å². The van der Waals surface area contributed by atoms with Crippen molar-refractivity contribution in [3.05, 3.63) is 22.8 Å². The van der Waals surface area contributed by atoms with E-state index in [4.69, 9.17) is 0 Å². The number of hydrogen-bond acceptors (Lipinski definition) is 3. The molecule has 1 aromatic rings. The summed E-state index contributed by atoms with van der Waals surface area (Å²) in [5, 5.41) is 4.54. The molecule has 1 atom stereocenters. The maximum absolute atomic E-state index is 4.33. The van der Waals surface area contributed by atoms with Crippen LogP contribution in [0.25, 0.3) is 0 Å². The van der Waals surface area contributed by atoms with Crippen molar-refractivity contribution in [3.8, 4) is 0 Å². The summed E-state index contributed by atoms with van der Waals surface area (Å²) in [5.41, 5.74) is 0. The monoisotopic (exact) mass is 288 g/mol. The number of nitrogens with zero attached hydrogens (tertiary/aromatic N) is 1. The molecule has 0 aliphatic rings. The van der Waals surface area contributed by atoms with E-state index in [1.54, 1.807) is 11.8 Å². The van der Waals surface area contributed by atoms with Gasteiger partial charge in [0.05, 0.1) is 0 Å². The van der Waals surface area contributed by atoms with Crippen LogP contribution in [0, 0.1) is 0 Å². The minimum atomic E-state index is 0.578. The largest absolute Gasteiger partial charge is 0.313 e. The lowest BCUT2D eigenvalue weighted by atomic mass is 10.2. The molecule has 1 rings (SSSR count). The Morgan fingerprint density at radius 2 is 2.33 bits per heavy atom. The van der Waals surface area contributed by atoms with Gasteiger partial charge in [-0.2, -0.15) is 0 Å². The highest BCUT2D eigenvalue weighted by Gasteiger charge is 2.07. The van der Waals surface area contributed by atoms with Crippen molar-refractivity contribution in [1.82, 2.24) is 10.3 Å². The van der Waals surface area contributed by atoms with E-state index in [0.717, 1.165) is 28.2 Å². The summed E-state index contributed by atoms with van der Waals surface area (Å²) < 4.78 is 1.08. The van der Waals surface area contributed by atoms with Gasteiger partial charge in [0.2, 0.25) is 0 Å². The number of rotatable bonds is 6. The normalized spacial score (nSPS) is 12.7. The number of hydrogen-bond donors (Lipinski definition) is 1. The van der Waals surface area contributed by atoms with Gasteiger partial charge in [-0.25, -0.2) is 4.98 Å². The van der Waals surface area contributed by atoms with Crippen LogP contribution in [0.1, 0.15) is 20.3 Å². The molecule has 1 heterocycles. The van der Waals surface area contributed by atoms with Gasteiger partial charge >= 0.3 is 0 Å². The SMILES string of the molecule is CCNC(CC)CSc1ncccc1Br. The average Bonchev–Trinajstić information content (AvgIpc) is 2.26. The molecule has 0 fully saturated rings. The predicted octanol–water partition coefficient (Wildman–Crippen LogP) is 3.32. The van der Waals surface area contributed by atoms with E-state index in [-0.39, 0.29) is 0 Å². The predicted molar refractivity (Wildman–Crippen MR) is 70.4 cm³/mol. The van der Waals surface area contributed by atoms with Gasteiger partial charge in [-0.05, 0) is 41.0 Å². The van der Waals surface area contributed by atoms with Crippen LogP contribution in [-0.2, 0) is 0 Å². The van der Waals surface area contributed by atoms with Crippen LogP contribution >= 0.6 is 27.7 Å². The second-order valence-electron chi connectivity index (χ2n) is 3.26. The third-order valence-electron chi connectivity index (χ3n) is 2.13. The molecule has 15 heavy (non-hydrogen) atoms. The zero-order valence-corrected chi connectivity index (χ0v) is 11.6. The van der Waals surface area contributed by atoms with Gasteiger partial charge in [0.15, 0.2) is 0 Å². The van der Waals surface area contributed by atoms with E-state index < -0.39 is 0 Å². The standard InChI is InChI=1S/C11H17BrN2S/c1-3-9(13-4-2)8-15-11-10(12)6-5-7-14-11/h5-7,9,13H,3-4,8H2,1-2H3. The van der Waals surface area contributed by atoms with E-state index in [2.05, 4.69) is 40.1 Å². The molecule has 0 saturated heterocycles. The van der Waals surface area contributed by atoms with E-state index in [1.807, 2.05) is 18.3 Å². The van der Waals surface area contributed by atoms with Crippen molar-refractivity contribution >= 4 is 27.7 Å². The Hall–Kier alpha value is -0.0600. The molecule has 1 N–H and O–H groups in total. The number of aromatic nitrogens is 1. The van der Waals surface area contributed by atoms with Crippen molar-refractivity contribution in [2.24, 2.45) is 0 Å². The Morgan fingerprint density at radius 1 is 1.53 bits per heavy atom. The zero-order chi connectivity index (χ0) is 11.1. The van der Waals surface area contributed by atoms with Crippen molar-refractivity contribution < 1.29 is 0 Å². The number of nitrogens with one attached hydrogen (secondary N) is 1. The van der Waals surface area contributed by atoms with Crippen LogP contribution in [0.2, 0.25) is 0 Å². The van der Waals surface area contributed by atoms with Gasteiger partial charge in [0.25, 0.3) is 0 Å². The van der Waals surface area contributed by atoms with Crippen molar-refractivity contribution in [1.29, 1.82) is 0 Å². The second-order valence-corrected chi connectivity index (χ2v) is 5.13. The van der Waals surface area contributed by atoms with E-state index in [0.29, 0.717) is 6.04 Å². The van der Waals surface area contributed by atoms with Crippen LogP contribution in [0.15, 0.2) is 27.8 Å². The highest BCUT2D eigenvalue weighted by Crippen LogP contribution is 2.25. The van der Waals surface area contributed by atoms with Crippen LogP contribution in [-0.4, -0.2) is 23.3 Å². The van der Waals surface area contributed by atoms with E-state index in [1.165, 1.54) is 0 Å². The van der Waals surface area contributed by atoms with Gasteiger partial charge in [-0.3, -0.25) is 0 Å². The van der Waals surface area contributed by atoms with Crippen LogP contribution in [0.3, 0.4) is 0 Å². The lowest BCUT2D eigenvalue weighted by Crippen LogP contribution is -2.30. The highest BCUT2D eigenvalue weighted by atomic mass is 79.9. The fraction of sp³-hybridized carbons (Fsp3) is 0.545. The number of thioether (sulfide) groups is 1. The Kier molecular flexibility index (Phi) is 6.29. The fourth-order valence-corrected chi connectivity index (χ4v) is 2.92. The van der Waals surface area contributed by atoms with Gasteiger partial charge in [0.1, 0.15) is 5.03 Å². The van der Waals surface area contributed by atoms with Crippen LogP contribution in [0.5, 0.6) is 0 Å². The molecule has 0 spiro atoms. The third kappa shape index (κ3) is 4.53. The first-order chi connectivity index (χ1) is 7.27. The molecular formula is C11H17BrN2S. The first-order valence-corrected chi connectivity index (χ1v) is 7.02. The third-order valence-corrected chi connectivity index (χ3v) is 4.20. The Bertz CT molecular complexity index is 294. The molecule has 84 valence electrons. The Morgan fingerprint density at radius 3 is 2.93 bits per heavy atom. The van der Waals surface area contributed by atoms with Gasteiger partial charge < -0.3 is 5.32 Å². The highest BCUT2D eigenvalue weighted by molar-refractivity contribution is 9.10. The van der Waals surface area contributed by atoms with Crippen molar-refractivity contribution in [2.45, 2.75) is 31.3 Å². The Labute approximate surface area is 104 Å². The number of pyridine rings is 1. The van der Waals surface area contributed by atoms with E-state index >= 15 is 0 Å². The molecule has 1 aromatic heterocycles. The van der Waals surface area contributed by atoms with Crippen molar-refractivity contribution in [3.63, 3.8) is 0 Å². The van der Waals surface area contributed by atoms with E-state index in [9.17, 15) is 0 Å². The smallest absolute Gasteiger partial charge is 0.110 e. The fourth-order valence-electron chi connectivity index (χ4n) is 1.27. The molecule has 1 unspecified atom stereocenters. The quantitative estimate of drug-likeness (QED) is 0.813. The molecule has 2 nitrogen and oxygen atoms in total. The summed E-state index contributed by atoms with van der Waals surface area (Å²) in [6.45, 7) is 5.38. The molecule has 0 amide bonds. The first-order valence-electron chi connectivity index (χ1n) is 5.24. The molecule has 0 saturated carbocycles. The summed E-state index contributed by atoms with van der Waals surface area (Å²) in [6, 6.07) is 4.55. The maximum Gasteiger partial charge on any atom is 0.110 e. The zero-order valence-electron chi connectivity index (χ0n) is 9.16. The topological polar surface area (TPSA) is 24.9 Å². The van der Waals surface area contributed by atoms with Crippen molar-refractivity contribution in [2.75, 3.05) is 12.3 Å². The van der Waals surface area contributed by atoms with Gasteiger partial charge in [-0.15, -0.1) is 11.8 Å². The molecular weight excluding hydrogens is 272 g/mol. The lowest BCUT2D eigenvalue weighted by Gasteiger charge is -2.14. The Balaban J connectivity index is 2.45. The second kappa shape index (κ2) is 7.25. The lowest BCUT2D eigenvalue weighted by molar-refractivity contribution is 0.560. The molecule has 0 aromatic carbocycles. The summed E-state index contributed by atoms with van der Waals surface area (Å²) in [5.74, 6) is 1.07. The summed E-state index contributed by atoms with van der Waals surface area (Å²) in [4.78, 5) is 4.33. The summed E-state index contributed by atoms with van der Waals surface area (Å²) in [7, 11) is 0. The van der Waals surface area contributed by atoms with Crippen LogP contribution < -0.4 is 5.32 Å². The van der Waals surface area contributed by atoms with Crippen LogP contribution in [0.4, 0.5) is 0 Å². The first kappa shape index (κ1) is 13.0.